The summed E-state index contributed by atoms with van der Waals surface area (Å²) < 4.78 is 0. The zero-order chi connectivity index (χ0) is 23.8. The third kappa shape index (κ3) is 4.02. The van der Waals surface area contributed by atoms with Crippen molar-refractivity contribution < 1.29 is 10.0 Å². The summed E-state index contributed by atoms with van der Waals surface area (Å²) in [7, 11) is 2.17. The van der Waals surface area contributed by atoms with Gasteiger partial charge in [-0.2, -0.15) is 0 Å². The lowest BCUT2D eigenvalue weighted by atomic mass is 9.99. The number of hydrogen-bond acceptors (Lipinski definition) is 6. The van der Waals surface area contributed by atoms with Crippen molar-refractivity contribution in [3.63, 3.8) is 0 Å². The smallest absolute Gasteiger partial charge is 0.274 e. The minimum Gasteiger partial charge on any atom is -0.369 e. The predicted molar refractivity (Wildman–Crippen MR) is 133 cm³/mol. The quantitative estimate of drug-likeness (QED) is 0.319. The summed E-state index contributed by atoms with van der Waals surface area (Å²) in [5.74, 6) is -0.538. The maximum Gasteiger partial charge on any atom is 0.274 e. The first-order valence-electron chi connectivity index (χ1n) is 11.4. The van der Waals surface area contributed by atoms with Gasteiger partial charge < -0.3 is 14.8 Å². The first kappa shape index (κ1) is 22.1. The lowest BCUT2D eigenvalue weighted by Gasteiger charge is -2.36. The lowest BCUT2D eigenvalue weighted by Crippen LogP contribution is -2.45. The van der Waals surface area contributed by atoms with E-state index in [1.165, 1.54) is 16.8 Å². The molecular weight excluding hydrogens is 428 g/mol. The van der Waals surface area contributed by atoms with E-state index in [0.29, 0.717) is 11.2 Å². The number of anilines is 1. The van der Waals surface area contributed by atoms with Crippen LogP contribution in [0.3, 0.4) is 0 Å². The number of nitrogens with zero attached hydrogens (tertiary/aromatic N) is 4. The first-order valence-corrected chi connectivity index (χ1v) is 11.4. The van der Waals surface area contributed by atoms with Gasteiger partial charge in [0.15, 0.2) is 5.65 Å². The minimum atomic E-state index is -0.538. The Morgan fingerprint density at radius 2 is 1.65 bits per heavy atom. The Bertz CT molecular complexity index is 1330. The van der Waals surface area contributed by atoms with Gasteiger partial charge in [-0.3, -0.25) is 10.0 Å². The summed E-state index contributed by atoms with van der Waals surface area (Å²) in [6.45, 7) is 8.56. The van der Waals surface area contributed by atoms with Gasteiger partial charge in [-0.05, 0) is 67.9 Å². The molecule has 2 aromatic heterocycles. The number of hydroxylamine groups is 1. The molecule has 174 valence electrons. The Hall–Kier alpha value is -3.75. The van der Waals surface area contributed by atoms with Gasteiger partial charge in [0.2, 0.25) is 0 Å². The molecule has 3 heterocycles. The molecule has 34 heavy (non-hydrogen) atoms. The lowest BCUT2D eigenvalue weighted by molar-refractivity contribution is 0.0706. The number of aromatic nitrogens is 3. The summed E-state index contributed by atoms with van der Waals surface area (Å²) in [6, 6.07) is 13.5. The molecule has 0 bridgehead atoms. The second kappa shape index (κ2) is 8.89. The highest BCUT2D eigenvalue weighted by atomic mass is 16.5. The molecule has 1 fully saturated rings. The van der Waals surface area contributed by atoms with Crippen molar-refractivity contribution >= 4 is 22.6 Å². The second-order valence-electron chi connectivity index (χ2n) is 8.96. The van der Waals surface area contributed by atoms with Crippen molar-refractivity contribution in [2.24, 2.45) is 0 Å². The van der Waals surface area contributed by atoms with Crippen LogP contribution in [0.25, 0.3) is 33.4 Å². The fourth-order valence-corrected chi connectivity index (χ4v) is 4.80. The van der Waals surface area contributed by atoms with Crippen LogP contribution in [0, 0.1) is 13.8 Å². The molecule has 8 nitrogen and oxygen atoms in total. The maximum absolute atomic E-state index is 11.6. The molecule has 1 amide bonds. The highest BCUT2D eigenvalue weighted by Gasteiger charge is 2.19. The monoisotopic (exact) mass is 456 g/mol. The summed E-state index contributed by atoms with van der Waals surface area (Å²) >= 11 is 0. The van der Waals surface area contributed by atoms with E-state index >= 15 is 0 Å². The highest BCUT2D eigenvalue weighted by Crippen LogP contribution is 2.34. The number of aromatic amines is 1. The van der Waals surface area contributed by atoms with Gasteiger partial charge >= 0.3 is 0 Å². The maximum atomic E-state index is 11.6. The summed E-state index contributed by atoms with van der Waals surface area (Å²) in [6.07, 6.45) is 1.90. The number of hydrogen-bond donors (Lipinski definition) is 3. The van der Waals surface area contributed by atoms with E-state index in [9.17, 15) is 4.79 Å². The number of carbonyl (C=O) groups is 1. The molecule has 0 spiro atoms. The largest absolute Gasteiger partial charge is 0.369 e. The average Bonchev–Trinajstić information content (AvgIpc) is 3.27. The second-order valence-corrected chi connectivity index (χ2v) is 8.96. The molecule has 0 unspecified atom stereocenters. The van der Waals surface area contributed by atoms with Crippen LogP contribution in [0.4, 0.5) is 5.69 Å². The van der Waals surface area contributed by atoms with Gasteiger partial charge in [0, 0.05) is 60.1 Å². The zero-order valence-corrected chi connectivity index (χ0v) is 19.6. The number of benzene rings is 2. The summed E-state index contributed by atoms with van der Waals surface area (Å²) in [4.78, 5) is 19.7. The molecule has 4 aromatic rings. The Morgan fingerprint density at radius 1 is 0.971 bits per heavy atom. The van der Waals surface area contributed by atoms with Gasteiger partial charge in [0.25, 0.3) is 5.91 Å². The number of piperazine rings is 1. The molecule has 1 aliphatic rings. The van der Waals surface area contributed by atoms with E-state index in [-0.39, 0.29) is 0 Å². The Kier molecular flexibility index (Phi) is 5.77. The summed E-state index contributed by atoms with van der Waals surface area (Å²) in [5, 5.41) is 18.7. The van der Waals surface area contributed by atoms with Crippen LogP contribution in [0.15, 0.2) is 48.7 Å². The van der Waals surface area contributed by atoms with E-state index in [0.717, 1.165) is 53.9 Å². The molecule has 8 heteroatoms. The molecule has 0 saturated carbocycles. The molecule has 1 saturated heterocycles. The number of H-pyrrole nitrogens is 1. The molecule has 0 radical (unpaired) electrons. The molecule has 5 rings (SSSR count). The van der Waals surface area contributed by atoms with Gasteiger partial charge in [-0.25, -0.2) is 5.48 Å². The van der Waals surface area contributed by atoms with Gasteiger partial charge in [0.1, 0.15) is 0 Å². The summed E-state index contributed by atoms with van der Waals surface area (Å²) in [5.41, 5.74) is 10.3. The Morgan fingerprint density at radius 3 is 2.29 bits per heavy atom. The number of nitrogens with one attached hydrogen (secondary N) is 2. The standard InChI is InChI=1S/C26H28N6O2/c1-16-12-20(13-17(2)24(16)32-10-8-31(3)9-11-32)23-14-21-22(15-27-25(21)29-28-23)18-4-6-19(7-5-18)26(33)30-34/h4-7,12-15,34H,8-11H2,1-3H3,(H,27,29)(H,30,33). The molecular formula is C26H28N6O2. The van der Waals surface area contributed by atoms with E-state index < -0.39 is 5.91 Å². The van der Waals surface area contributed by atoms with E-state index in [1.807, 2.05) is 18.3 Å². The highest BCUT2D eigenvalue weighted by molar-refractivity contribution is 5.97. The number of carbonyl (C=O) groups excluding carboxylic acids is 1. The van der Waals surface area contributed by atoms with Crippen LogP contribution < -0.4 is 10.4 Å². The predicted octanol–water partition coefficient (Wildman–Crippen LogP) is 3.78. The normalized spacial score (nSPS) is 14.5. The number of aryl methyl sites for hydroxylation is 2. The van der Waals surface area contributed by atoms with Crippen molar-refractivity contribution in [3.05, 3.63) is 65.4 Å². The molecule has 2 aromatic carbocycles. The molecule has 0 aliphatic carbocycles. The molecule has 1 aliphatic heterocycles. The van der Waals surface area contributed by atoms with Crippen molar-refractivity contribution in [2.45, 2.75) is 13.8 Å². The van der Waals surface area contributed by atoms with Gasteiger partial charge in [-0.1, -0.05) is 12.1 Å². The number of likely N-dealkylation sites (N-methyl/N-ethyl adjacent to an activating group) is 1. The van der Waals surface area contributed by atoms with E-state index in [1.54, 1.807) is 17.6 Å². The topological polar surface area (TPSA) is 97.4 Å². The number of amides is 1. The van der Waals surface area contributed by atoms with Crippen molar-refractivity contribution in [1.82, 2.24) is 25.6 Å². The van der Waals surface area contributed by atoms with Crippen molar-refractivity contribution in [1.29, 1.82) is 0 Å². The third-order valence-corrected chi connectivity index (χ3v) is 6.60. The van der Waals surface area contributed by atoms with Crippen LogP contribution in [-0.2, 0) is 0 Å². The Balaban J connectivity index is 1.50. The third-order valence-electron chi connectivity index (χ3n) is 6.60. The van der Waals surface area contributed by atoms with Crippen LogP contribution in [0.2, 0.25) is 0 Å². The van der Waals surface area contributed by atoms with Gasteiger partial charge in [-0.15, -0.1) is 10.2 Å². The van der Waals surface area contributed by atoms with Crippen LogP contribution in [-0.4, -0.2) is 64.4 Å². The molecule has 0 atom stereocenters. The SMILES string of the molecule is Cc1cc(-c2cc3c(-c4ccc(C(=O)NO)cc4)c[nH]c3nn2)cc(C)c1N1CCN(C)CC1. The minimum absolute atomic E-state index is 0.387. The fourth-order valence-electron chi connectivity index (χ4n) is 4.80. The number of fused-ring (bicyclic) bond motifs is 1. The van der Waals surface area contributed by atoms with Crippen molar-refractivity contribution in [2.75, 3.05) is 38.1 Å². The van der Waals surface area contributed by atoms with E-state index in [4.69, 9.17) is 5.21 Å². The zero-order valence-electron chi connectivity index (χ0n) is 19.6. The Labute approximate surface area is 198 Å². The van der Waals surface area contributed by atoms with Crippen LogP contribution >= 0.6 is 0 Å². The van der Waals surface area contributed by atoms with Crippen LogP contribution in [0.5, 0.6) is 0 Å². The fraction of sp³-hybridized carbons (Fsp3) is 0.269. The van der Waals surface area contributed by atoms with Crippen molar-refractivity contribution in [3.8, 4) is 22.4 Å². The van der Waals surface area contributed by atoms with Crippen LogP contribution in [0.1, 0.15) is 21.5 Å². The molecule has 3 N–H and O–H groups in total. The average molecular weight is 457 g/mol. The number of rotatable bonds is 4. The van der Waals surface area contributed by atoms with Gasteiger partial charge in [0.05, 0.1) is 5.69 Å². The first-order chi connectivity index (χ1) is 16.4. The van der Waals surface area contributed by atoms with E-state index in [2.05, 4.69) is 64.1 Å².